The Morgan fingerprint density at radius 1 is 1.29 bits per heavy atom. The van der Waals surface area contributed by atoms with Gasteiger partial charge in [-0.25, -0.2) is 0 Å². The van der Waals surface area contributed by atoms with Crippen LogP contribution in [0.5, 0.6) is 0 Å². The van der Waals surface area contributed by atoms with Crippen molar-refractivity contribution in [3.63, 3.8) is 0 Å². The van der Waals surface area contributed by atoms with Crippen LogP contribution in [0.15, 0.2) is 53.1 Å². The molecule has 4 rings (SSSR count). The predicted octanol–water partition coefficient (Wildman–Crippen LogP) is 4.15. The number of likely N-dealkylation sites (tertiary alicyclic amines) is 1. The number of anilines is 1. The zero-order valence-corrected chi connectivity index (χ0v) is 17.3. The fourth-order valence-corrected chi connectivity index (χ4v) is 3.80. The second-order valence-corrected chi connectivity index (χ2v) is 7.83. The molecule has 0 radical (unpaired) electrons. The second-order valence-electron chi connectivity index (χ2n) is 7.39. The zero-order chi connectivity index (χ0) is 21.8. The fourth-order valence-electron chi connectivity index (χ4n) is 3.61. The number of piperidine rings is 1. The molecule has 160 valence electrons. The monoisotopic (exact) mass is 441 g/mol. The molecule has 0 aliphatic carbocycles. The Kier molecular flexibility index (Phi) is 6.24. The summed E-state index contributed by atoms with van der Waals surface area (Å²) in [7, 11) is 0. The van der Waals surface area contributed by atoms with Gasteiger partial charge in [0.1, 0.15) is 0 Å². The maximum absolute atomic E-state index is 12.7. The van der Waals surface area contributed by atoms with Crippen LogP contribution in [0.3, 0.4) is 0 Å². The minimum absolute atomic E-state index is 0.0602. The molecule has 2 heterocycles. The molecule has 0 bridgehead atoms. The molecular formula is C21H20ClN5O4. The minimum Gasteiger partial charge on any atom is -0.338 e. The number of amides is 1. The number of benzene rings is 2. The quantitative estimate of drug-likeness (QED) is 0.451. The summed E-state index contributed by atoms with van der Waals surface area (Å²) in [6.07, 6.45) is 1.59. The Bertz CT molecular complexity index is 1100. The maximum atomic E-state index is 12.7. The molecule has 1 aliphatic rings. The van der Waals surface area contributed by atoms with Gasteiger partial charge in [-0.15, -0.1) is 0 Å². The summed E-state index contributed by atoms with van der Waals surface area (Å²) in [4.78, 5) is 29.7. The first-order valence-corrected chi connectivity index (χ1v) is 10.2. The van der Waals surface area contributed by atoms with Gasteiger partial charge in [0, 0.05) is 35.0 Å². The number of aromatic nitrogens is 2. The number of nitro benzene ring substituents is 1. The summed E-state index contributed by atoms with van der Waals surface area (Å²) in [5.41, 5.74) is 1.13. The Labute approximate surface area is 183 Å². The summed E-state index contributed by atoms with van der Waals surface area (Å²) in [6.45, 7) is 1.79. The fraction of sp³-hybridized carbons (Fsp3) is 0.286. The number of nitrogens with zero attached hydrogens (tertiary/aromatic N) is 4. The molecule has 1 unspecified atom stereocenters. The zero-order valence-electron chi connectivity index (χ0n) is 16.5. The molecule has 1 aliphatic heterocycles. The minimum atomic E-state index is -0.486. The van der Waals surface area contributed by atoms with Crippen LogP contribution in [0.1, 0.15) is 18.7 Å². The van der Waals surface area contributed by atoms with Crippen LogP contribution >= 0.6 is 11.6 Å². The van der Waals surface area contributed by atoms with Crippen LogP contribution in [-0.2, 0) is 11.3 Å². The molecule has 9 nitrogen and oxygen atoms in total. The number of nitrogens with one attached hydrogen (secondary N) is 1. The van der Waals surface area contributed by atoms with Crippen LogP contribution in [-0.4, -0.2) is 39.0 Å². The van der Waals surface area contributed by atoms with Crippen molar-refractivity contribution in [2.24, 2.45) is 5.92 Å². The molecule has 1 aromatic heterocycles. The smallest absolute Gasteiger partial charge is 0.271 e. The third kappa shape index (κ3) is 5.25. The summed E-state index contributed by atoms with van der Waals surface area (Å²) in [5, 5.41) is 18.3. The van der Waals surface area contributed by atoms with Gasteiger partial charge in [-0.3, -0.25) is 19.8 Å². The highest BCUT2D eigenvalue weighted by atomic mass is 35.5. The molecule has 2 aromatic carbocycles. The van der Waals surface area contributed by atoms with E-state index in [1.807, 2.05) is 12.1 Å². The van der Waals surface area contributed by atoms with Gasteiger partial charge < -0.3 is 9.84 Å². The number of carbonyl (C=O) groups is 1. The largest absolute Gasteiger partial charge is 0.338 e. The van der Waals surface area contributed by atoms with E-state index in [4.69, 9.17) is 16.1 Å². The standard InChI is InChI=1S/C21H20ClN5O4/c22-16-6-1-4-14(10-16)20-24-19(31-25-20)13-26-9-3-5-15(12-26)21(28)23-17-7-2-8-18(11-17)27(29)30/h1-2,4,6-8,10-11,15H,3,5,9,12-13H2,(H,23,28). The number of nitro groups is 1. The average molecular weight is 442 g/mol. The maximum Gasteiger partial charge on any atom is 0.271 e. The van der Waals surface area contributed by atoms with Gasteiger partial charge in [0.05, 0.1) is 17.4 Å². The van der Waals surface area contributed by atoms with Crippen molar-refractivity contribution in [3.05, 3.63) is 69.6 Å². The molecule has 0 spiro atoms. The van der Waals surface area contributed by atoms with Crippen LogP contribution < -0.4 is 5.32 Å². The molecule has 1 N–H and O–H groups in total. The summed E-state index contributed by atoms with van der Waals surface area (Å²) in [6, 6.07) is 13.2. The van der Waals surface area contributed by atoms with Crippen molar-refractivity contribution in [2.75, 3.05) is 18.4 Å². The van der Waals surface area contributed by atoms with Crippen LogP contribution in [0.25, 0.3) is 11.4 Å². The van der Waals surface area contributed by atoms with E-state index >= 15 is 0 Å². The Balaban J connectivity index is 1.37. The van der Waals surface area contributed by atoms with Crippen molar-refractivity contribution < 1.29 is 14.2 Å². The van der Waals surface area contributed by atoms with E-state index in [1.54, 1.807) is 24.3 Å². The lowest BCUT2D eigenvalue weighted by Gasteiger charge is -2.30. The van der Waals surface area contributed by atoms with E-state index in [0.717, 1.165) is 24.9 Å². The molecular weight excluding hydrogens is 422 g/mol. The van der Waals surface area contributed by atoms with E-state index in [-0.39, 0.29) is 17.5 Å². The molecule has 1 fully saturated rings. The van der Waals surface area contributed by atoms with Crippen molar-refractivity contribution in [2.45, 2.75) is 19.4 Å². The van der Waals surface area contributed by atoms with Crippen molar-refractivity contribution in [1.82, 2.24) is 15.0 Å². The number of carbonyl (C=O) groups excluding carboxylic acids is 1. The van der Waals surface area contributed by atoms with Gasteiger partial charge >= 0.3 is 0 Å². The predicted molar refractivity (Wildman–Crippen MR) is 114 cm³/mol. The highest BCUT2D eigenvalue weighted by Gasteiger charge is 2.27. The van der Waals surface area contributed by atoms with Gasteiger partial charge in [0.15, 0.2) is 0 Å². The molecule has 1 amide bonds. The highest BCUT2D eigenvalue weighted by molar-refractivity contribution is 6.30. The lowest BCUT2D eigenvalue weighted by molar-refractivity contribution is -0.384. The Hall–Kier alpha value is -3.30. The van der Waals surface area contributed by atoms with Gasteiger partial charge in [-0.05, 0) is 37.6 Å². The number of non-ortho nitro benzene ring substituents is 1. The van der Waals surface area contributed by atoms with Crippen LogP contribution in [0.4, 0.5) is 11.4 Å². The molecule has 1 atom stereocenters. The van der Waals surface area contributed by atoms with Crippen LogP contribution in [0.2, 0.25) is 5.02 Å². The van der Waals surface area contributed by atoms with E-state index < -0.39 is 4.92 Å². The Morgan fingerprint density at radius 3 is 2.94 bits per heavy atom. The first-order chi connectivity index (χ1) is 15.0. The van der Waals surface area contributed by atoms with Crippen LogP contribution in [0, 0.1) is 16.0 Å². The topological polar surface area (TPSA) is 114 Å². The van der Waals surface area contributed by atoms with E-state index in [9.17, 15) is 14.9 Å². The van der Waals surface area contributed by atoms with Gasteiger partial charge in [0.2, 0.25) is 17.6 Å². The van der Waals surface area contributed by atoms with E-state index in [2.05, 4.69) is 20.4 Å². The third-order valence-corrected chi connectivity index (χ3v) is 5.35. The van der Waals surface area contributed by atoms with E-state index in [1.165, 1.54) is 12.1 Å². The van der Waals surface area contributed by atoms with Gasteiger partial charge in [-0.2, -0.15) is 4.98 Å². The average Bonchev–Trinajstić information content (AvgIpc) is 3.22. The summed E-state index contributed by atoms with van der Waals surface area (Å²) >= 11 is 6.02. The SMILES string of the molecule is O=C(Nc1cccc([N+](=O)[O-])c1)C1CCCN(Cc2nc(-c3cccc(Cl)c3)no2)C1. The summed E-state index contributed by atoms with van der Waals surface area (Å²) in [5.74, 6) is 0.544. The van der Waals surface area contributed by atoms with Gasteiger partial charge in [-0.1, -0.05) is 35.0 Å². The number of hydrogen-bond acceptors (Lipinski definition) is 7. The molecule has 0 saturated carbocycles. The number of hydrogen-bond donors (Lipinski definition) is 1. The molecule has 31 heavy (non-hydrogen) atoms. The second kappa shape index (κ2) is 9.23. The first kappa shape index (κ1) is 21.0. The molecule has 10 heteroatoms. The van der Waals surface area contributed by atoms with E-state index in [0.29, 0.717) is 35.5 Å². The van der Waals surface area contributed by atoms with Crippen molar-refractivity contribution >= 4 is 28.9 Å². The third-order valence-electron chi connectivity index (χ3n) is 5.11. The highest BCUT2D eigenvalue weighted by Crippen LogP contribution is 2.24. The first-order valence-electron chi connectivity index (χ1n) is 9.84. The van der Waals surface area contributed by atoms with Crippen molar-refractivity contribution in [3.8, 4) is 11.4 Å². The lowest BCUT2D eigenvalue weighted by atomic mass is 9.97. The van der Waals surface area contributed by atoms with Crippen molar-refractivity contribution in [1.29, 1.82) is 0 Å². The summed E-state index contributed by atoms with van der Waals surface area (Å²) < 4.78 is 5.38. The number of halogens is 1. The molecule has 3 aromatic rings. The lowest BCUT2D eigenvalue weighted by Crippen LogP contribution is -2.40. The number of rotatable bonds is 6. The van der Waals surface area contributed by atoms with Gasteiger partial charge in [0.25, 0.3) is 5.69 Å². The molecule has 1 saturated heterocycles. The Morgan fingerprint density at radius 2 is 2.13 bits per heavy atom. The normalized spacial score (nSPS) is 16.7.